The van der Waals surface area contributed by atoms with Crippen LogP contribution in [-0.2, 0) is 0 Å². The molecule has 2 fully saturated rings. The molecular formula is C11H21NO. The van der Waals surface area contributed by atoms with Gasteiger partial charge >= 0.3 is 0 Å². The molecule has 76 valence electrons. The number of hydrogen-bond acceptors (Lipinski definition) is 2. The van der Waals surface area contributed by atoms with Gasteiger partial charge in [0, 0.05) is 0 Å². The van der Waals surface area contributed by atoms with Crippen molar-refractivity contribution in [3.63, 3.8) is 0 Å². The Morgan fingerprint density at radius 2 is 2.08 bits per heavy atom. The second-order valence-electron chi connectivity index (χ2n) is 4.94. The van der Waals surface area contributed by atoms with Gasteiger partial charge in [-0.05, 0) is 50.0 Å². The fourth-order valence-corrected chi connectivity index (χ4v) is 3.35. The van der Waals surface area contributed by atoms with Gasteiger partial charge in [0.25, 0.3) is 0 Å². The molecule has 13 heavy (non-hydrogen) atoms. The third-order valence-electron chi connectivity index (χ3n) is 4.28. The van der Waals surface area contributed by atoms with E-state index >= 15 is 0 Å². The summed E-state index contributed by atoms with van der Waals surface area (Å²) in [5.74, 6) is 0.718. The van der Waals surface area contributed by atoms with Crippen molar-refractivity contribution in [2.75, 3.05) is 6.54 Å². The molecule has 2 nitrogen and oxygen atoms in total. The van der Waals surface area contributed by atoms with Crippen LogP contribution < -0.4 is 5.73 Å². The van der Waals surface area contributed by atoms with E-state index in [1.54, 1.807) is 0 Å². The second kappa shape index (κ2) is 3.58. The van der Waals surface area contributed by atoms with Gasteiger partial charge in [-0.3, -0.25) is 0 Å². The van der Waals surface area contributed by atoms with Gasteiger partial charge in [0.1, 0.15) is 0 Å². The van der Waals surface area contributed by atoms with E-state index in [9.17, 15) is 5.11 Å². The lowest BCUT2D eigenvalue weighted by molar-refractivity contribution is -0.0135. The molecule has 2 aliphatic rings. The molecule has 0 aromatic rings. The average Bonchev–Trinajstić information content (AvgIpc) is 2.18. The standard InChI is InChI=1S/C11H21NO/c12-8-11-5-2-1-3-9(11)7-10(13)4-6-11/h9-10,13H,1-8,12H2. The van der Waals surface area contributed by atoms with Crippen LogP contribution in [0.3, 0.4) is 0 Å². The highest BCUT2D eigenvalue weighted by atomic mass is 16.3. The predicted octanol–water partition coefficient (Wildman–Crippen LogP) is 1.67. The molecule has 0 saturated heterocycles. The Morgan fingerprint density at radius 3 is 2.85 bits per heavy atom. The van der Waals surface area contributed by atoms with E-state index < -0.39 is 0 Å². The van der Waals surface area contributed by atoms with Crippen LogP contribution in [0.2, 0.25) is 0 Å². The van der Waals surface area contributed by atoms with Crippen molar-refractivity contribution >= 4 is 0 Å². The Morgan fingerprint density at radius 1 is 1.23 bits per heavy atom. The zero-order chi connectivity index (χ0) is 9.31. The van der Waals surface area contributed by atoms with Crippen molar-refractivity contribution in [1.29, 1.82) is 0 Å². The molecule has 3 N–H and O–H groups in total. The van der Waals surface area contributed by atoms with E-state index in [1.807, 2.05) is 0 Å². The average molecular weight is 183 g/mol. The van der Waals surface area contributed by atoms with Crippen molar-refractivity contribution in [3.8, 4) is 0 Å². The molecule has 0 amide bonds. The van der Waals surface area contributed by atoms with Gasteiger partial charge in [0.15, 0.2) is 0 Å². The van der Waals surface area contributed by atoms with Crippen LogP contribution in [0.1, 0.15) is 44.9 Å². The van der Waals surface area contributed by atoms with Crippen LogP contribution in [0.25, 0.3) is 0 Å². The van der Waals surface area contributed by atoms with Crippen LogP contribution in [0.15, 0.2) is 0 Å². The molecular weight excluding hydrogens is 162 g/mol. The van der Waals surface area contributed by atoms with Crippen molar-refractivity contribution in [3.05, 3.63) is 0 Å². The van der Waals surface area contributed by atoms with Crippen LogP contribution in [0.4, 0.5) is 0 Å². The summed E-state index contributed by atoms with van der Waals surface area (Å²) < 4.78 is 0. The number of aliphatic hydroxyl groups is 1. The number of rotatable bonds is 1. The van der Waals surface area contributed by atoms with Gasteiger partial charge in [0.05, 0.1) is 6.10 Å². The number of hydrogen-bond donors (Lipinski definition) is 2. The molecule has 3 atom stereocenters. The highest BCUT2D eigenvalue weighted by Gasteiger charge is 2.43. The van der Waals surface area contributed by atoms with E-state index in [4.69, 9.17) is 5.73 Å². The minimum absolute atomic E-state index is 0.0391. The summed E-state index contributed by atoms with van der Waals surface area (Å²) in [6.07, 6.45) is 8.42. The highest BCUT2D eigenvalue weighted by Crippen LogP contribution is 2.49. The van der Waals surface area contributed by atoms with Crippen LogP contribution in [0, 0.1) is 11.3 Å². The SMILES string of the molecule is NCC12CCCCC1CC(O)CC2. The molecule has 2 heteroatoms. The summed E-state index contributed by atoms with van der Waals surface area (Å²) in [4.78, 5) is 0. The molecule has 3 unspecified atom stereocenters. The summed E-state index contributed by atoms with van der Waals surface area (Å²) in [5.41, 5.74) is 6.33. The Balaban J connectivity index is 2.10. The quantitative estimate of drug-likeness (QED) is 0.649. The van der Waals surface area contributed by atoms with Crippen molar-refractivity contribution in [1.82, 2.24) is 0 Å². The second-order valence-corrected chi connectivity index (χ2v) is 4.94. The van der Waals surface area contributed by atoms with Crippen molar-refractivity contribution in [2.24, 2.45) is 17.1 Å². The topological polar surface area (TPSA) is 46.2 Å². The number of fused-ring (bicyclic) bond motifs is 1. The Kier molecular flexibility index (Phi) is 2.61. The number of aliphatic hydroxyl groups excluding tert-OH is 1. The normalized spacial score (nSPS) is 45.7. The van der Waals surface area contributed by atoms with Crippen LogP contribution in [-0.4, -0.2) is 17.8 Å². The zero-order valence-electron chi connectivity index (χ0n) is 8.34. The molecule has 2 saturated carbocycles. The molecule has 0 spiro atoms. The van der Waals surface area contributed by atoms with Gasteiger partial charge in [-0.1, -0.05) is 12.8 Å². The largest absolute Gasteiger partial charge is 0.393 e. The molecule has 0 bridgehead atoms. The molecule has 2 rings (SSSR count). The molecule has 2 aliphatic carbocycles. The zero-order valence-corrected chi connectivity index (χ0v) is 8.34. The maximum absolute atomic E-state index is 9.62. The maximum Gasteiger partial charge on any atom is 0.0543 e. The monoisotopic (exact) mass is 183 g/mol. The smallest absolute Gasteiger partial charge is 0.0543 e. The van der Waals surface area contributed by atoms with Gasteiger partial charge in [-0.25, -0.2) is 0 Å². The first-order chi connectivity index (χ1) is 6.27. The van der Waals surface area contributed by atoms with E-state index in [-0.39, 0.29) is 6.10 Å². The van der Waals surface area contributed by atoms with E-state index in [0.29, 0.717) is 5.41 Å². The first-order valence-electron chi connectivity index (χ1n) is 5.65. The summed E-state index contributed by atoms with van der Waals surface area (Å²) in [5, 5.41) is 9.62. The fraction of sp³-hybridized carbons (Fsp3) is 1.00. The first kappa shape index (κ1) is 9.47. The third kappa shape index (κ3) is 1.62. The molecule has 0 aromatic carbocycles. The molecule has 0 aromatic heterocycles. The Hall–Kier alpha value is -0.0800. The van der Waals surface area contributed by atoms with Gasteiger partial charge in [-0.15, -0.1) is 0 Å². The lowest BCUT2D eigenvalue weighted by Gasteiger charge is -2.48. The highest BCUT2D eigenvalue weighted by molar-refractivity contribution is 4.95. The van der Waals surface area contributed by atoms with Crippen molar-refractivity contribution < 1.29 is 5.11 Å². The van der Waals surface area contributed by atoms with Crippen LogP contribution in [0.5, 0.6) is 0 Å². The molecule has 0 radical (unpaired) electrons. The van der Waals surface area contributed by atoms with E-state index in [1.165, 1.54) is 25.7 Å². The number of nitrogens with two attached hydrogens (primary N) is 1. The minimum Gasteiger partial charge on any atom is -0.393 e. The Bertz CT molecular complexity index is 183. The third-order valence-corrected chi connectivity index (χ3v) is 4.28. The molecule has 0 aliphatic heterocycles. The van der Waals surface area contributed by atoms with Gasteiger partial charge in [-0.2, -0.15) is 0 Å². The summed E-state index contributed by atoms with van der Waals surface area (Å²) in [7, 11) is 0. The van der Waals surface area contributed by atoms with Gasteiger partial charge < -0.3 is 10.8 Å². The van der Waals surface area contributed by atoms with Crippen molar-refractivity contribution in [2.45, 2.75) is 51.0 Å². The molecule has 0 heterocycles. The summed E-state index contributed by atoms with van der Waals surface area (Å²) in [6, 6.07) is 0. The van der Waals surface area contributed by atoms with Crippen LogP contribution >= 0.6 is 0 Å². The Labute approximate surface area is 80.5 Å². The predicted molar refractivity (Wildman–Crippen MR) is 53.3 cm³/mol. The minimum atomic E-state index is -0.0391. The first-order valence-corrected chi connectivity index (χ1v) is 5.65. The fourth-order valence-electron chi connectivity index (χ4n) is 3.35. The summed E-state index contributed by atoms with van der Waals surface area (Å²) >= 11 is 0. The maximum atomic E-state index is 9.62. The summed E-state index contributed by atoms with van der Waals surface area (Å²) in [6.45, 7) is 0.838. The lowest BCUT2D eigenvalue weighted by atomic mass is 9.59. The lowest BCUT2D eigenvalue weighted by Crippen LogP contribution is -2.45. The van der Waals surface area contributed by atoms with Gasteiger partial charge in [0.2, 0.25) is 0 Å². The van der Waals surface area contributed by atoms with E-state index in [0.717, 1.165) is 31.7 Å². The van der Waals surface area contributed by atoms with E-state index in [2.05, 4.69) is 0 Å².